The van der Waals surface area contributed by atoms with Gasteiger partial charge in [-0.15, -0.1) is 0 Å². The number of aryl methyl sites for hydroxylation is 2. The SMILES string of the molecule is CCCCCC1COC(c2cnc(C#N)nc2F)OC1.CCCCCC1COC(c2cnc(CC)nc2F)OC1.CCCCCC1COC(c2cnc(CCC)nc2F)OC1. The van der Waals surface area contributed by atoms with E-state index in [4.69, 9.17) is 33.7 Å². The first-order valence-corrected chi connectivity index (χ1v) is 22.4. The highest BCUT2D eigenvalue weighted by atomic mass is 19.1. The first kappa shape index (κ1) is 49.9. The molecule has 3 fully saturated rings. The Hall–Kier alpha value is -3.72. The summed E-state index contributed by atoms with van der Waals surface area (Å²) in [6.45, 7) is 14.0. The zero-order valence-electron chi connectivity index (χ0n) is 36.8. The first-order valence-electron chi connectivity index (χ1n) is 22.4. The third kappa shape index (κ3) is 16.8. The van der Waals surface area contributed by atoms with Gasteiger partial charge in [-0.05, 0) is 25.7 Å². The molecule has 16 heteroatoms. The summed E-state index contributed by atoms with van der Waals surface area (Å²) in [5.74, 6) is 0.208. The molecule has 0 N–H and O–H groups in total. The van der Waals surface area contributed by atoms with Crippen LogP contribution in [0.3, 0.4) is 0 Å². The van der Waals surface area contributed by atoms with Crippen molar-refractivity contribution >= 4 is 0 Å². The third-order valence-electron chi connectivity index (χ3n) is 10.6. The fourth-order valence-corrected chi connectivity index (χ4v) is 6.94. The van der Waals surface area contributed by atoms with Gasteiger partial charge in [-0.3, -0.25) is 0 Å². The zero-order chi connectivity index (χ0) is 43.8. The summed E-state index contributed by atoms with van der Waals surface area (Å²) in [6.07, 6.45) is 18.4. The Morgan fingerprint density at radius 1 is 0.508 bits per heavy atom. The Morgan fingerprint density at radius 2 is 0.869 bits per heavy atom. The summed E-state index contributed by atoms with van der Waals surface area (Å²) in [5, 5.41) is 8.60. The molecular weight excluding hydrogens is 792 g/mol. The van der Waals surface area contributed by atoms with Gasteiger partial charge in [-0.2, -0.15) is 23.4 Å². The number of nitriles is 1. The van der Waals surface area contributed by atoms with Crippen LogP contribution in [0.15, 0.2) is 18.6 Å². The second kappa shape index (κ2) is 28.1. The minimum absolute atomic E-state index is 0.149. The van der Waals surface area contributed by atoms with Crippen LogP contribution in [0, 0.1) is 46.9 Å². The van der Waals surface area contributed by atoms with Crippen LogP contribution in [-0.4, -0.2) is 69.5 Å². The molecule has 61 heavy (non-hydrogen) atoms. The van der Waals surface area contributed by atoms with E-state index in [0.29, 0.717) is 93.0 Å². The molecule has 3 aliphatic rings. The van der Waals surface area contributed by atoms with Gasteiger partial charge in [0.15, 0.2) is 18.9 Å². The normalized spacial score (nSPS) is 22.6. The minimum atomic E-state index is -0.773. The van der Waals surface area contributed by atoms with Gasteiger partial charge in [-0.25, -0.2) is 24.9 Å². The first-order chi connectivity index (χ1) is 29.7. The average Bonchev–Trinajstić information content (AvgIpc) is 3.28. The lowest BCUT2D eigenvalue weighted by molar-refractivity contribution is -0.207. The van der Waals surface area contributed by atoms with Crippen LogP contribution in [0.25, 0.3) is 0 Å². The fraction of sp³-hybridized carbons (Fsp3) is 0.711. The molecule has 6 heterocycles. The van der Waals surface area contributed by atoms with E-state index in [-0.39, 0.29) is 11.4 Å². The maximum atomic E-state index is 14.0. The van der Waals surface area contributed by atoms with Crippen molar-refractivity contribution in [2.45, 2.75) is 150 Å². The Kier molecular flexibility index (Phi) is 23.0. The van der Waals surface area contributed by atoms with E-state index < -0.39 is 36.7 Å². The highest BCUT2D eigenvalue weighted by Crippen LogP contribution is 2.30. The van der Waals surface area contributed by atoms with E-state index in [1.807, 2.05) is 13.8 Å². The lowest BCUT2D eigenvalue weighted by Crippen LogP contribution is -2.28. The highest BCUT2D eigenvalue weighted by molar-refractivity contribution is 5.16. The van der Waals surface area contributed by atoms with Crippen LogP contribution in [0.2, 0.25) is 0 Å². The monoisotopic (exact) mass is 858 g/mol. The molecule has 0 amide bonds. The van der Waals surface area contributed by atoms with E-state index >= 15 is 0 Å². The Bertz CT molecular complexity index is 1730. The van der Waals surface area contributed by atoms with Crippen molar-refractivity contribution in [1.82, 2.24) is 29.9 Å². The predicted octanol–water partition coefficient (Wildman–Crippen LogP) is 9.96. The van der Waals surface area contributed by atoms with E-state index in [1.54, 1.807) is 6.07 Å². The van der Waals surface area contributed by atoms with Crippen molar-refractivity contribution in [2.24, 2.45) is 17.8 Å². The molecule has 13 nitrogen and oxygen atoms in total. The number of hydrogen-bond acceptors (Lipinski definition) is 13. The zero-order valence-corrected chi connectivity index (χ0v) is 36.8. The number of rotatable bonds is 18. The molecule has 0 radical (unpaired) electrons. The van der Waals surface area contributed by atoms with Crippen molar-refractivity contribution in [3.63, 3.8) is 0 Å². The summed E-state index contributed by atoms with van der Waals surface area (Å²) in [4.78, 5) is 23.2. The number of hydrogen-bond donors (Lipinski definition) is 0. The van der Waals surface area contributed by atoms with Gasteiger partial charge in [0, 0.05) is 49.2 Å². The second-order valence-electron chi connectivity index (χ2n) is 15.8. The van der Waals surface area contributed by atoms with Crippen molar-refractivity contribution in [1.29, 1.82) is 5.26 Å². The molecule has 0 saturated carbocycles. The number of ether oxygens (including phenoxy) is 6. The summed E-state index contributed by atoms with van der Waals surface area (Å²) in [5.41, 5.74) is 0.757. The summed E-state index contributed by atoms with van der Waals surface area (Å²) in [6, 6.07) is 1.69. The lowest BCUT2D eigenvalue weighted by Gasteiger charge is -2.29. The Balaban J connectivity index is 0.000000202. The van der Waals surface area contributed by atoms with Gasteiger partial charge in [0.2, 0.25) is 23.7 Å². The van der Waals surface area contributed by atoms with Gasteiger partial charge in [0.05, 0.1) is 56.3 Å². The van der Waals surface area contributed by atoms with Crippen LogP contribution >= 0.6 is 0 Å². The van der Waals surface area contributed by atoms with Crippen LogP contribution in [0.1, 0.15) is 171 Å². The number of halogens is 3. The van der Waals surface area contributed by atoms with Gasteiger partial charge in [0.1, 0.15) is 17.7 Å². The molecule has 0 unspecified atom stereocenters. The van der Waals surface area contributed by atoms with Crippen LogP contribution in [0.4, 0.5) is 13.2 Å². The summed E-state index contributed by atoms with van der Waals surface area (Å²) >= 11 is 0. The second-order valence-corrected chi connectivity index (χ2v) is 15.8. The maximum Gasteiger partial charge on any atom is 0.234 e. The van der Waals surface area contributed by atoms with Crippen molar-refractivity contribution in [3.8, 4) is 6.07 Å². The standard InChI is InChI=1S/C16H25FN2O2.C15H23FN2O2.C14H18FN3O2/c1-3-5-6-8-12-10-20-16(21-11-12)13-9-18-14(7-4-2)19-15(13)17;1-3-5-6-7-11-9-19-15(20-10-11)12-8-17-13(4-2)18-14(12)16;1-2-3-4-5-10-8-19-14(20-9-10)11-7-17-12(6-16)18-13(11)15/h9,12,16H,3-8,10-11H2,1-2H3;8,11,15H,3-7,9-10H2,1-2H3;7,10,14H,2-5,8-9H2,1H3. The van der Waals surface area contributed by atoms with Gasteiger partial charge < -0.3 is 28.4 Å². The molecule has 3 saturated heterocycles. The largest absolute Gasteiger partial charge is 0.348 e. The highest BCUT2D eigenvalue weighted by Gasteiger charge is 2.29. The molecule has 338 valence electrons. The number of unbranched alkanes of at least 4 members (excludes halogenated alkanes) is 6. The molecule has 6 rings (SSSR count). The molecule has 0 atom stereocenters. The van der Waals surface area contributed by atoms with E-state index in [9.17, 15) is 13.2 Å². The Labute approximate surface area is 359 Å². The number of nitrogens with zero attached hydrogens (tertiary/aromatic N) is 7. The molecule has 0 spiro atoms. The van der Waals surface area contributed by atoms with Crippen molar-refractivity contribution in [2.75, 3.05) is 39.6 Å². The molecule has 3 aromatic rings. The molecule has 0 aromatic carbocycles. The lowest BCUT2D eigenvalue weighted by atomic mass is 10.0. The number of aromatic nitrogens is 6. The average molecular weight is 858 g/mol. The summed E-state index contributed by atoms with van der Waals surface area (Å²) in [7, 11) is 0. The molecule has 0 bridgehead atoms. The predicted molar refractivity (Wildman–Crippen MR) is 221 cm³/mol. The molecule has 3 aromatic heterocycles. The smallest absolute Gasteiger partial charge is 0.234 e. The van der Waals surface area contributed by atoms with Crippen molar-refractivity contribution in [3.05, 3.63) is 70.6 Å². The molecule has 3 aliphatic heterocycles. The van der Waals surface area contributed by atoms with E-state index in [1.165, 1.54) is 70.0 Å². The van der Waals surface area contributed by atoms with Crippen LogP contribution in [0.5, 0.6) is 0 Å². The minimum Gasteiger partial charge on any atom is -0.348 e. The molecular formula is C45H66F3N7O6. The quantitative estimate of drug-likeness (QED) is 0.0881. The molecule has 0 aliphatic carbocycles. The van der Waals surface area contributed by atoms with Gasteiger partial charge >= 0.3 is 0 Å². The van der Waals surface area contributed by atoms with E-state index in [0.717, 1.165) is 32.1 Å². The third-order valence-corrected chi connectivity index (χ3v) is 10.6. The maximum absolute atomic E-state index is 14.0. The topological polar surface area (TPSA) is 157 Å². The van der Waals surface area contributed by atoms with Crippen LogP contribution in [-0.2, 0) is 41.3 Å². The fourth-order valence-electron chi connectivity index (χ4n) is 6.94. The Morgan fingerprint density at radius 3 is 1.20 bits per heavy atom. The van der Waals surface area contributed by atoms with E-state index in [2.05, 4.69) is 50.7 Å². The van der Waals surface area contributed by atoms with Gasteiger partial charge in [-0.1, -0.05) is 92.4 Å². The van der Waals surface area contributed by atoms with Crippen LogP contribution < -0.4 is 0 Å². The summed E-state index contributed by atoms with van der Waals surface area (Å²) < 4.78 is 75.2. The van der Waals surface area contributed by atoms with Gasteiger partial charge in [0.25, 0.3) is 0 Å². The van der Waals surface area contributed by atoms with Crippen molar-refractivity contribution < 1.29 is 41.6 Å².